The van der Waals surface area contributed by atoms with E-state index in [4.69, 9.17) is 9.47 Å². The van der Waals surface area contributed by atoms with Gasteiger partial charge < -0.3 is 14.8 Å². The van der Waals surface area contributed by atoms with Gasteiger partial charge in [-0.1, -0.05) is 30.3 Å². The van der Waals surface area contributed by atoms with Gasteiger partial charge in [0.2, 0.25) is 15.9 Å². The molecule has 0 aromatic heterocycles. The highest BCUT2D eigenvalue weighted by Gasteiger charge is 2.27. The van der Waals surface area contributed by atoms with E-state index in [2.05, 4.69) is 5.32 Å². The monoisotopic (exact) mass is 406 g/mol. The summed E-state index contributed by atoms with van der Waals surface area (Å²) < 4.78 is 37.5. The van der Waals surface area contributed by atoms with E-state index in [1.165, 1.54) is 23.5 Å². The Morgan fingerprint density at radius 1 is 1.04 bits per heavy atom. The van der Waals surface area contributed by atoms with Crippen molar-refractivity contribution < 1.29 is 22.7 Å². The van der Waals surface area contributed by atoms with E-state index in [0.717, 1.165) is 5.56 Å². The molecule has 0 atom stereocenters. The number of amides is 1. The number of hydrogen-bond acceptors (Lipinski definition) is 5. The first-order chi connectivity index (χ1) is 13.5. The van der Waals surface area contributed by atoms with Gasteiger partial charge in [0, 0.05) is 26.8 Å². The highest BCUT2D eigenvalue weighted by molar-refractivity contribution is 7.89. The molecular formula is C20H26N2O5S. The summed E-state index contributed by atoms with van der Waals surface area (Å²) in [6.07, 6.45) is 0.659. The van der Waals surface area contributed by atoms with Gasteiger partial charge in [0.25, 0.3) is 0 Å². The molecule has 152 valence electrons. The van der Waals surface area contributed by atoms with Gasteiger partial charge in [0.05, 0.1) is 18.6 Å². The molecule has 0 fully saturated rings. The number of sulfonamides is 1. The Balaban J connectivity index is 2.19. The third-order valence-corrected chi connectivity index (χ3v) is 5.87. The molecule has 1 amide bonds. The van der Waals surface area contributed by atoms with Gasteiger partial charge in [-0.3, -0.25) is 4.79 Å². The van der Waals surface area contributed by atoms with E-state index in [1.807, 2.05) is 30.3 Å². The average Bonchev–Trinajstić information content (AvgIpc) is 2.71. The van der Waals surface area contributed by atoms with Crippen molar-refractivity contribution in [3.8, 4) is 5.75 Å². The fraction of sp³-hybridized carbons (Fsp3) is 0.350. The van der Waals surface area contributed by atoms with E-state index in [-0.39, 0.29) is 23.9 Å². The standard InChI is InChI=1S/C20H26N2O5S/c1-26-14-6-13-21-20(23)16-22(15-17-7-4-3-5-8-17)28(24,25)19-11-9-18(27-2)10-12-19/h3-5,7-12H,6,13-16H2,1-2H3,(H,21,23). The van der Waals surface area contributed by atoms with Crippen molar-refractivity contribution in [3.63, 3.8) is 0 Å². The van der Waals surface area contributed by atoms with Crippen LogP contribution in [0.2, 0.25) is 0 Å². The summed E-state index contributed by atoms with van der Waals surface area (Å²) in [7, 11) is -0.761. The Labute approximate surface area is 166 Å². The normalized spacial score (nSPS) is 11.4. The molecule has 0 radical (unpaired) electrons. The molecule has 7 nitrogen and oxygen atoms in total. The van der Waals surface area contributed by atoms with Crippen LogP contribution in [0.5, 0.6) is 5.75 Å². The van der Waals surface area contributed by atoms with E-state index in [1.54, 1.807) is 19.2 Å². The molecule has 0 unspecified atom stereocenters. The molecule has 0 aliphatic carbocycles. The van der Waals surface area contributed by atoms with Gasteiger partial charge in [-0.05, 0) is 36.2 Å². The number of nitrogens with one attached hydrogen (secondary N) is 1. The molecule has 0 saturated carbocycles. The lowest BCUT2D eigenvalue weighted by atomic mass is 10.2. The first-order valence-corrected chi connectivity index (χ1v) is 10.3. The Morgan fingerprint density at radius 2 is 1.71 bits per heavy atom. The molecule has 1 N–H and O–H groups in total. The lowest BCUT2D eigenvalue weighted by Gasteiger charge is -2.22. The fourth-order valence-electron chi connectivity index (χ4n) is 2.57. The molecule has 0 aliphatic rings. The molecule has 28 heavy (non-hydrogen) atoms. The molecule has 2 aromatic rings. The maximum Gasteiger partial charge on any atom is 0.243 e. The Bertz CT molecular complexity index is 839. The van der Waals surface area contributed by atoms with Crippen LogP contribution in [0.15, 0.2) is 59.5 Å². The lowest BCUT2D eigenvalue weighted by molar-refractivity contribution is -0.121. The van der Waals surface area contributed by atoms with Crippen LogP contribution >= 0.6 is 0 Å². The third kappa shape index (κ3) is 6.33. The summed E-state index contributed by atoms with van der Waals surface area (Å²) in [5.74, 6) is 0.202. The van der Waals surface area contributed by atoms with Crippen molar-refractivity contribution in [2.45, 2.75) is 17.9 Å². The molecular weight excluding hydrogens is 380 g/mol. The zero-order chi connectivity index (χ0) is 20.4. The summed E-state index contributed by atoms with van der Waals surface area (Å²) >= 11 is 0. The van der Waals surface area contributed by atoms with Crippen molar-refractivity contribution >= 4 is 15.9 Å². The lowest BCUT2D eigenvalue weighted by Crippen LogP contribution is -2.40. The molecule has 0 heterocycles. The Kier molecular flexibility index (Phi) is 8.43. The summed E-state index contributed by atoms with van der Waals surface area (Å²) in [4.78, 5) is 12.4. The van der Waals surface area contributed by atoms with Gasteiger partial charge >= 0.3 is 0 Å². The maximum absolute atomic E-state index is 13.1. The van der Waals surface area contributed by atoms with Crippen molar-refractivity contribution in [2.24, 2.45) is 0 Å². The van der Waals surface area contributed by atoms with Crippen LogP contribution in [-0.2, 0) is 26.1 Å². The van der Waals surface area contributed by atoms with Gasteiger partial charge in [-0.25, -0.2) is 8.42 Å². The topological polar surface area (TPSA) is 84.9 Å². The van der Waals surface area contributed by atoms with Crippen LogP contribution in [0.1, 0.15) is 12.0 Å². The highest BCUT2D eigenvalue weighted by Crippen LogP contribution is 2.21. The van der Waals surface area contributed by atoms with Crippen LogP contribution in [0, 0.1) is 0 Å². The highest BCUT2D eigenvalue weighted by atomic mass is 32.2. The van der Waals surface area contributed by atoms with Gasteiger partial charge in [-0.2, -0.15) is 4.31 Å². The Morgan fingerprint density at radius 3 is 2.32 bits per heavy atom. The average molecular weight is 407 g/mol. The molecule has 0 aliphatic heterocycles. The first-order valence-electron chi connectivity index (χ1n) is 8.91. The zero-order valence-electron chi connectivity index (χ0n) is 16.1. The van der Waals surface area contributed by atoms with Crippen LogP contribution in [0.4, 0.5) is 0 Å². The minimum Gasteiger partial charge on any atom is -0.497 e. The van der Waals surface area contributed by atoms with Crippen molar-refractivity contribution in [1.29, 1.82) is 0 Å². The largest absolute Gasteiger partial charge is 0.497 e. The quantitative estimate of drug-likeness (QED) is 0.577. The van der Waals surface area contributed by atoms with E-state index >= 15 is 0 Å². The van der Waals surface area contributed by atoms with Crippen molar-refractivity contribution in [1.82, 2.24) is 9.62 Å². The molecule has 0 spiro atoms. The fourth-order valence-corrected chi connectivity index (χ4v) is 3.95. The van der Waals surface area contributed by atoms with Gasteiger partial charge in [0.15, 0.2) is 0 Å². The Hall–Kier alpha value is -2.42. The zero-order valence-corrected chi connectivity index (χ0v) is 16.9. The number of nitrogens with zero attached hydrogens (tertiary/aromatic N) is 1. The van der Waals surface area contributed by atoms with Crippen LogP contribution in [0.3, 0.4) is 0 Å². The number of hydrogen-bond donors (Lipinski definition) is 1. The van der Waals surface area contributed by atoms with Crippen LogP contribution < -0.4 is 10.1 Å². The minimum atomic E-state index is -3.86. The van der Waals surface area contributed by atoms with Gasteiger partial charge in [-0.15, -0.1) is 0 Å². The molecule has 0 saturated heterocycles. The first kappa shape index (κ1) is 21.9. The second-order valence-electron chi connectivity index (χ2n) is 6.13. The van der Waals surface area contributed by atoms with Crippen molar-refractivity contribution in [3.05, 3.63) is 60.2 Å². The summed E-state index contributed by atoms with van der Waals surface area (Å²) in [5.41, 5.74) is 0.798. The number of benzene rings is 2. The molecule has 2 aromatic carbocycles. The second kappa shape index (κ2) is 10.8. The summed E-state index contributed by atoms with van der Waals surface area (Å²) in [6, 6.07) is 15.3. The number of rotatable bonds is 11. The number of carbonyl (C=O) groups is 1. The van der Waals surface area contributed by atoms with E-state index in [0.29, 0.717) is 25.3 Å². The SMILES string of the molecule is COCCCNC(=O)CN(Cc1ccccc1)S(=O)(=O)c1ccc(OC)cc1. The number of carbonyl (C=O) groups excluding carboxylic acids is 1. The maximum atomic E-state index is 13.1. The predicted octanol–water partition coefficient (Wildman–Crippen LogP) is 2.04. The van der Waals surface area contributed by atoms with Crippen LogP contribution in [-0.4, -0.2) is 52.5 Å². The second-order valence-corrected chi connectivity index (χ2v) is 8.07. The van der Waals surface area contributed by atoms with E-state index < -0.39 is 10.0 Å². The van der Waals surface area contributed by atoms with Crippen LogP contribution in [0.25, 0.3) is 0 Å². The minimum absolute atomic E-state index is 0.0979. The summed E-state index contributed by atoms with van der Waals surface area (Å²) in [5, 5.41) is 2.73. The number of ether oxygens (including phenoxy) is 2. The smallest absolute Gasteiger partial charge is 0.243 e. The van der Waals surface area contributed by atoms with Crippen molar-refractivity contribution in [2.75, 3.05) is 33.9 Å². The summed E-state index contributed by atoms with van der Waals surface area (Å²) in [6.45, 7) is 0.781. The molecule has 8 heteroatoms. The molecule has 0 bridgehead atoms. The van der Waals surface area contributed by atoms with Gasteiger partial charge in [0.1, 0.15) is 5.75 Å². The predicted molar refractivity (Wildman–Crippen MR) is 107 cm³/mol. The third-order valence-electron chi connectivity index (χ3n) is 4.07. The number of methoxy groups -OCH3 is 2. The van der Waals surface area contributed by atoms with E-state index in [9.17, 15) is 13.2 Å². The molecule has 2 rings (SSSR count).